The monoisotopic (exact) mass is 286 g/mol. The van der Waals surface area contributed by atoms with E-state index in [1.54, 1.807) is 4.68 Å². The van der Waals surface area contributed by atoms with Crippen LogP contribution in [0.5, 0.6) is 0 Å². The third-order valence-corrected chi connectivity index (χ3v) is 3.50. The molecule has 0 aliphatic heterocycles. The summed E-state index contributed by atoms with van der Waals surface area (Å²) in [6.45, 7) is 6.55. The van der Waals surface area contributed by atoms with Crippen molar-refractivity contribution in [3.63, 3.8) is 0 Å². The highest BCUT2D eigenvalue weighted by Crippen LogP contribution is 2.13. The summed E-state index contributed by atoms with van der Waals surface area (Å²) in [5.41, 5.74) is 2.46. The minimum atomic E-state index is 0.544. The maximum Gasteiger partial charge on any atom is 0.0830 e. The Labute approximate surface area is 127 Å². The second kappa shape index (κ2) is 7.93. The summed E-state index contributed by atoms with van der Waals surface area (Å²) in [4.78, 5) is 0. The smallest absolute Gasteiger partial charge is 0.0830 e. The SMILES string of the molecule is CC(C)CNCC(Cc1ccccc1)Cc1cn(C)nn1. The van der Waals surface area contributed by atoms with Gasteiger partial charge in [0, 0.05) is 13.2 Å². The van der Waals surface area contributed by atoms with E-state index in [1.165, 1.54) is 5.56 Å². The van der Waals surface area contributed by atoms with Crippen molar-refractivity contribution in [3.8, 4) is 0 Å². The highest BCUT2D eigenvalue weighted by atomic mass is 15.4. The first-order valence-corrected chi connectivity index (χ1v) is 7.73. The van der Waals surface area contributed by atoms with Crippen LogP contribution in [0.4, 0.5) is 0 Å². The van der Waals surface area contributed by atoms with Gasteiger partial charge in [-0.3, -0.25) is 4.68 Å². The van der Waals surface area contributed by atoms with Crippen LogP contribution in [0.1, 0.15) is 25.1 Å². The number of nitrogens with zero attached hydrogens (tertiary/aromatic N) is 3. The number of hydrogen-bond donors (Lipinski definition) is 1. The first-order valence-electron chi connectivity index (χ1n) is 7.73. The lowest BCUT2D eigenvalue weighted by Crippen LogP contribution is -2.28. The zero-order valence-electron chi connectivity index (χ0n) is 13.3. The molecule has 1 N–H and O–H groups in total. The number of aromatic nitrogens is 3. The number of aryl methyl sites for hydroxylation is 1. The van der Waals surface area contributed by atoms with E-state index in [4.69, 9.17) is 0 Å². The Hall–Kier alpha value is -1.68. The molecule has 21 heavy (non-hydrogen) atoms. The maximum atomic E-state index is 4.23. The standard InChI is InChI=1S/C17H26N4/c1-14(2)11-18-12-16(9-15-7-5-4-6-8-15)10-17-13-21(3)20-19-17/h4-8,13-14,16,18H,9-12H2,1-3H3. The first-order chi connectivity index (χ1) is 10.1. The molecule has 1 aromatic carbocycles. The Balaban J connectivity index is 1.95. The van der Waals surface area contributed by atoms with Crippen molar-refractivity contribution in [3.05, 3.63) is 47.8 Å². The fraction of sp³-hybridized carbons (Fsp3) is 0.529. The average Bonchev–Trinajstić information content (AvgIpc) is 2.85. The molecule has 0 saturated carbocycles. The Kier molecular flexibility index (Phi) is 5.93. The van der Waals surface area contributed by atoms with E-state index in [0.29, 0.717) is 11.8 Å². The molecule has 114 valence electrons. The van der Waals surface area contributed by atoms with E-state index in [1.807, 2.05) is 13.2 Å². The molecule has 2 rings (SSSR count). The van der Waals surface area contributed by atoms with Crippen LogP contribution in [0, 0.1) is 11.8 Å². The molecule has 0 amide bonds. The van der Waals surface area contributed by atoms with Crippen LogP contribution >= 0.6 is 0 Å². The lowest BCUT2D eigenvalue weighted by Gasteiger charge is -2.17. The summed E-state index contributed by atoms with van der Waals surface area (Å²) >= 11 is 0. The van der Waals surface area contributed by atoms with Gasteiger partial charge < -0.3 is 5.32 Å². The third kappa shape index (κ3) is 5.68. The average molecular weight is 286 g/mol. The predicted octanol–water partition coefficient (Wildman–Crippen LogP) is 2.46. The molecule has 0 aliphatic rings. The summed E-state index contributed by atoms with van der Waals surface area (Å²) in [6.07, 6.45) is 4.05. The van der Waals surface area contributed by atoms with Crippen molar-refractivity contribution >= 4 is 0 Å². The minimum Gasteiger partial charge on any atom is -0.316 e. The lowest BCUT2D eigenvalue weighted by molar-refractivity contribution is 0.442. The van der Waals surface area contributed by atoms with Crippen molar-refractivity contribution < 1.29 is 0 Å². The fourth-order valence-corrected chi connectivity index (χ4v) is 2.52. The van der Waals surface area contributed by atoms with Crippen molar-refractivity contribution in [2.75, 3.05) is 13.1 Å². The van der Waals surface area contributed by atoms with Gasteiger partial charge in [-0.05, 0) is 43.3 Å². The van der Waals surface area contributed by atoms with E-state index in [0.717, 1.165) is 31.6 Å². The maximum absolute atomic E-state index is 4.23. The molecular weight excluding hydrogens is 260 g/mol. The third-order valence-electron chi connectivity index (χ3n) is 3.50. The van der Waals surface area contributed by atoms with Gasteiger partial charge in [0.25, 0.3) is 0 Å². The van der Waals surface area contributed by atoms with Crippen LogP contribution in [0.3, 0.4) is 0 Å². The van der Waals surface area contributed by atoms with E-state index in [9.17, 15) is 0 Å². The normalized spacial score (nSPS) is 12.8. The molecule has 4 heteroatoms. The summed E-state index contributed by atoms with van der Waals surface area (Å²) in [7, 11) is 1.92. The first kappa shape index (κ1) is 15.7. The van der Waals surface area contributed by atoms with E-state index >= 15 is 0 Å². The highest BCUT2D eigenvalue weighted by molar-refractivity contribution is 5.15. The largest absolute Gasteiger partial charge is 0.316 e. The molecule has 0 radical (unpaired) electrons. The molecule has 4 nitrogen and oxygen atoms in total. The Morgan fingerprint density at radius 3 is 2.48 bits per heavy atom. The second-order valence-corrected chi connectivity index (χ2v) is 6.20. The van der Waals surface area contributed by atoms with Crippen molar-refractivity contribution in [1.29, 1.82) is 0 Å². The van der Waals surface area contributed by atoms with Gasteiger partial charge in [-0.2, -0.15) is 0 Å². The number of hydrogen-bond acceptors (Lipinski definition) is 3. The van der Waals surface area contributed by atoms with Crippen molar-refractivity contribution in [1.82, 2.24) is 20.3 Å². The molecular formula is C17H26N4. The predicted molar refractivity (Wildman–Crippen MR) is 86.1 cm³/mol. The Bertz CT molecular complexity index is 519. The summed E-state index contributed by atoms with van der Waals surface area (Å²) in [6, 6.07) is 10.7. The Morgan fingerprint density at radius 2 is 1.86 bits per heavy atom. The molecule has 0 aliphatic carbocycles. The zero-order chi connectivity index (χ0) is 15.1. The molecule has 0 bridgehead atoms. The van der Waals surface area contributed by atoms with Crippen molar-refractivity contribution in [2.45, 2.75) is 26.7 Å². The summed E-state index contributed by atoms with van der Waals surface area (Å²) < 4.78 is 1.77. The van der Waals surface area contributed by atoms with Crippen LogP contribution < -0.4 is 5.32 Å². The van der Waals surface area contributed by atoms with Gasteiger partial charge in [0.05, 0.1) is 5.69 Å². The van der Waals surface area contributed by atoms with Crippen molar-refractivity contribution in [2.24, 2.45) is 18.9 Å². The van der Waals surface area contributed by atoms with Crippen LogP contribution in [-0.4, -0.2) is 28.1 Å². The van der Waals surface area contributed by atoms with E-state index in [2.05, 4.69) is 59.8 Å². The molecule has 0 saturated heterocycles. The van der Waals surface area contributed by atoms with Gasteiger partial charge in [0.15, 0.2) is 0 Å². The number of nitrogens with one attached hydrogen (secondary N) is 1. The highest BCUT2D eigenvalue weighted by Gasteiger charge is 2.13. The molecule has 0 fully saturated rings. The summed E-state index contributed by atoms with van der Waals surface area (Å²) in [5.74, 6) is 1.22. The fourth-order valence-electron chi connectivity index (χ4n) is 2.52. The second-order valence-electron chi connectivity index (χ2n) is 6.20. The molecule has 1 atom stereocenters. The van der Waals surface area contributed by atoms with E-state index in [-0.39, 0.29) is 0 Å². The van der Waals surface area contributed by atoms with Crippen LogP contribution in [0.25, 0.3) is 0 Å². The molecule has 1 aromatic heterocycles. The quantitative estimate of drug-likeness (QED) is 0.810. The van der Waals surface area contributed by atoms with Crippen LogP contribution in [0.15, 0.2) is 36.5 Å². The van der Waals surface area contributed by atoms with Gasteiger partial charge in [0.1, 0.15) is 0 Å². The van der Waals surface area contributed by atoms with Gasteiger partial charge in [0.2, 0.25) is 0 Å². The number of rotatable bonds is 8. The summed E-state index contributed by atoms with van der Waals surface area (Å²) in [5, 5.41) is 11.8. The lowest BCUT2D eigenvalue weighted by atomic mass is 9.94. The molecule has 0 spiro atoms. The van der Waals surface area contributed by atoms with Crippen LogP contribution in [0.2, 0.25) is 0 Å². The van der Waals surface area contributed by atoms with Gasteiger partial charge in [-0.1, -0.05) is 49.4 Å². The van der Waals surface area contributed by atoms with Gasteiger partial charge in [-0.25, -0.2) is 0 Å². The molecule has 1 heterocycles. The Morgan fingerprint density at radius 1 is 1.10 bits per heavy atom. The van der Waals surface area contributed by atoms with Gasteiger partial charge >= 0.3 is 0 Å². The molecule has 1 unspecified atom stereocenters. The topological polar surface area (TPSA) is 42.7 Å². The zero-order valence-corrected chi connectivity index (χ0v) is 13.3. The van der Waals surface area contributed by atoms with Gasteiger partial charge in [-0.15, -0.1) is 5.10 Å². The molecule has 2 aromatic rings. The van der Waals surface area contributed by atoms with E-state index < -0.39 is 0 Å². The minimum absolute atomic E-state index is 0.544. The van der Waals surface area contributed by atoms with Crippen LogP contribution in [-0.2, 0) is 19.9 Å². The number of benzene rings is 1.